The van der Waals surface area contributed by atoms with Gasteiger partial charge in [0.1, 0.15) is 11.7 Å². The lowest BCUT2D eigenvalue weighted by atomic mass is 9.86. The number of unbranched alkanes of at least 4 members (excludes halogenated alkanes) is 7. The number of carboxylic acid groups (broad SMARTS) is 1. The topological polar surface area (TPSA) is 70.1 Å². The van der Waals surface area contributed by atoms with Gasteiger partial charge in [-0.2, -0.15) is 0 Å². The number of carboxylic acids is 1. The molecular formula is C21H38O4. The first-order chi connectivity index (χ1) is 11.7. The number of hydrogen-bond donors (Lipinski definition) is 2. The summed E-state index contributed by atoms with van der Waals surface area (Å²) in [5.41, 5.74) is -1.70. The second-order valence-electron chi connectivity index (χ2n) is 8.36. The normalized spacial score (nSPS) is 22.9. The fourth-order valence-corrected chi connectivity index (χ4v) is 3.12. The maximum atomic E-state index is 11.1. The summed E-state index contributed by atoms with van der Waals surface area (Å²) < 4.78 is 5.60. The van der Waals surface area contributed by atoms with E-state index in [0.717, 1.165) is 6.42 Å². The molecule has 1 saturated heterocycles. The minimum absolute atomic E-state index is 0.0307. The van der Waals surface area contributed by atoms with Crippen molar-refractivity contribution < 1.29 is 19.7 Å². The molecule has 0 amide bonds. The molecule has 1 heterocycles. The molecule has 0 spiro atoms. The number of ether oxygens (including phenoxy) is 1. The van der Waals surface area contributed by atoms with Crippen LogP contribution in [0.1, 0.15) is 91.9 Å². The average Bonchev–Trinajstić information content (AvgIpc) is 3.32. The van der Waals surface area contributed by atoms with E-state index in [4.69, 9.17) is 9.84 Å². The van der Waals surface area contributed by atoms with Gasteiger partial charge >= 0.3 is 5.97 Å². The van der Waals surface area contributed by atoms with E-state index < -0.39 is 17.0 Å². The molecule has 4 heteroatoms. The molecule has 3 atom stereocenters. The van der Waals surface area contributed by atoms with Crippen molar-refractivity contribution in [2.75, 3.05) is 0 Å². The second-order valence-corrected chi connectivity index (χ2v) is 8.36. The summed E-state index contributed by atoms with van der Waals surface area (Å²) in [5, 5.41) is 19.7. The van der Waals surface area contributed by atoms with Crippen LogP contribution >= 0.6 is 0 Å². The van der Waals surface area contributed by atoms with Gasteiger partial charge in [-0.05, 0) is 46.5 Å². The summed E-state index contributed by atoms with van der Waals surface area (Å²) >= 11 is 0. The maximum absolute atomic E-state index is 11.1. The van der Waals surface area contributed by atoms with E-state index in [2.05, 4.69) is 13.0 Å². The monoisotopic (exact) mass is 354 g/mol. The highest BCUT2D eigenvalue weighted by molar-refractivity contribution is 5.73. The third-order valence-corrected chi connectivity index (χ3v) is 5.22. The molecule has 3 unspecified atom stereocenters. The Morgan fingerprint density at radius 1 is 1.08 bits per heavy atom. The number of aliphatic carboxylic acids is 1. The van der Waals surface area contributed by atoms with Gasteiger partial charge in [0.25, 0.3) is 0 Å². The van der Waals surface area contributed by atoms with Crippen molar-refractivity contribution in [1.29, 1.82) is 0 Å². The molecule has 4 nitrogen and oxygen atoms in total. The lowest BCUT2D eigenvalue weighted by Gasteiger charge is -2.19. The SMILES string of the molecule is CCCCCCCCC/C=C\C(C)(O)C1OC1CCC(C)(C)C(=O)O. The van der Waals surface area contributed by atoms with E-state index in [1.54, 1.807) is 20.8 Å². The molecule has 25 heavy (non-hydrogen) atoms. The van der Waals surface area contributed by atoms with Gasteiger partial charge in [0.15, 0.2) is 0 Å². The van der Waals surface area contributed by atoms with Gasteiger partial charge in [0.2, 0.25) is 0 Å². The van der Waals surface area contributed by atoms with Gasteiger partial charge in [-0.1, -0.05) is 57.6 Å². The zero-order valence-electron chi connectivity index (χ0n) is 16.6. The van der Waals surface area contributed by atoms with Gasteiger partial charge in [-0.15, -0.1) is 0 Å². The van der Waals surface area contributed by atoms with Crippen LogP contribution in [0.4, 0.5) is 0 Å². The van der Waals surface area contributed by atoms with Crippen molar-refractivity contribution in [3.8, 4) is 0 Å². The first kappa shape index (κ1) is 22.2. The lowest BCUT2D eigenvalue weighted by Crippen LogP contribution is -2.30. The quantitative estimate of drug-likeness (QED) is 0.259. The van der Waals surface area contributed by atoms with Crippen LogP contribution in [0.3, 0.4) is 0 Å². The molecule has 0 radical (unpaired) electrons. The van der Waals surface area contributed by atoms with Crippen molar-refractivity contribution >= 4 is 5.97 Å². The third kappa shape index (κ3) is 8.37. The van der Waals surface area contributed by atoms with Crippen LogP contribution in [0, 0.1) is 5.41 Å². The highest BCUT2D eigenvalue weighted by Gasteiger charge is 2.50. The summed E-state index contributed by atoms with van der Waals surface area (Å²) in [6.45, 7) is 7.47. The molecule has 0 aliphatic carbocycles. The minimum Gasteiger partial charge on any atom is -0.481 e. The van der Waals surface area contributed by atoms with E-state index >= 15 is 0 Å². The molecule has 0 bridgehead atoms. The van der Waals surface area contributed by atoms with Gasteiger partial charge in [-0.3, -0.25) is 4.79 Å². The van der Waals surface area contributed by atoms with E-state index in [1.165, 1.54) is 44.9 Å². The largest absolute Gasteiger partial charge is 0.481 e. The Morgan fingerprint density at radius 3 is 2.28 bits per heavy atom. The van der Waals surface area contributed by atoms with Crippen LogP contribution < -0.4 is 0 Å². The van der Waals surface area contributed by atoms with Gasteiger partial charge < -0.3 is 14.9 Å². The van der Waals surface area contributed by atoms with E-state index in [0.29, 0.717) is 12.8 Å². The van der Waals surface area contributed by atoms with Crippen LogP contribution in [0.5, 0.6) is 0 Å². The fraction of sp³-hybridized carbons (Fsp3) is 0.857. The van der Waals surface area contributed by atoms with Crippen molar-refractivity contribution in [1.82, 2.24) is 0 Å². The summed E-state index contributed by atoms with van der Waals surface area (Å²) in [5.74, 6) is -0.786. The molecule has 1 rings (SSSR count). The first-order valence-corrected chi connectivity index (χ1v) is 9.99. The number of allylic oxidation sites excluding steroid dienone is 1. The second kappa shape index (κ2) is 10.3. The number of rotatable bonds is 14. The third-order valence-electron chi connectivity index (χ3n) is 5.22. The van der Waals surface area contributed by atoms with E-state index in [-0.39, 0.29) is 12.2 Å². The maximum Gasteiger partial charge on any atom is 0.309 e. The summed E-state index contributed by atoms with van der Waals surface area (Å²) in [6.07, 6.45) is 14.9. The van der Waals surface area contributed by atoms with E-state index in [1.807, 2.05) is 6.08 Å². The molecule has 0 aromatic heterocycles. The molecule has 2 N–H and O–H groups in total. The standard InChI is InChI=1S/C21H38O4/c1-5-6-7-8-9-10-11-12-13-15-21(4,24)18-17(25-18)14-16-20(2,3)19(22)23/h13,15,17-18,24H,5-12,14,16H2,1-4H3,(H,22,23)/b15-13-. The van der Waals surface area contributed by atoms with Crippen molar-refractivity contribution in [3.63, 3.8) is 0 Å². The number of epoxide rings is 1. The summed E-state index contributed by atoms with van der Waals surface area (Å²) in [7, 11) is 0. The number of carbonyl (C=O) groups is 1. The Hall–Kier alpha value is -0.870. The van der Waals surface area contributed by atoms with Crippen molar-refractivity contribution in [2.24, 2.45) is 5.41 Å². The smallest absolute Gasteiger partial charge is 0.309 e. The van der Waals surface area contributed by atoms with Crippen LogP contribution in [0.2, 0.25) is 0 Å². The van der Waals surface area contributed by atoms with Crippen molar-refractivity contribution in [2.45, 2.75) is 110 Å². The molecular weight excluding hydrogens is 316 g/mol. The molecule has 0 aromatic rings. The Kier molecular flexibility index (Phi) is 9.15. The highest BCUT2D eigenvalue weighted by Crippen LogP contribution is 2.38. The summed E-state index contributed by atoms with van der Waals surface area (Å²) in [4.78, 5) is 11.1. The Morgan fingerprint density at radius 2 is 1.68 bits per heavy atom. The molecule has 1 aliphatic rings. The van der Waals surface area contributed by atoms with Crippen LogP contribution in [-0.2, 0) is 9.53 Å². The van der Waals surface area contributed by atoms with Crippen molar-refractivity contribution in [3.05, 3.63) is 12.2 Å². The van der Waals surface area contributed by atoms with Gasteiger partial charge in [0, 0.05) is 0 Å². The minimum atomic E-state index is -0.959. The Labute approximate surface area is 153 Å². The average molecular weight is 355 g/mol. The Balaban J connectivity index is 2.18. The molecule has 1 aliphatic heterocycles. The van der Waals surface area contributed by atoms with Crippen LogP contribution in [0.25, 0.3) is 0 Å². The first-order valence-electron chi connectivity index (χ1n) is 9.99. The van der Waals surface area contributed by atoms with Gasteiger partial charge in [0.05, 0.1) is 11.5 Å². The number of aliphatic hydroxyl groups is 1. The zero-order chi connectivity index (χ0) is 18.9. The lowest BCUT2D eigenvalue weighted by molar-refractivity contribution is -0.147. The zero-order valence-corrected chi connectivity index (χ0v) is 16.6. The fourth-order valence-electron chi connectivity index (χ4n) is 3.12. The predicted octanol–water partition coefficient (Wildman–Crippen LogP) is 5.09. The van der Waals surface area contributed by atoms with Crippen LogP contribution in [-0.4, -0.2) is 34.0 Å². The van der Waals surface area contributed by atoms with E-state index in [9.17, 15) is 9.90 Å². The predicted molar refractivity (Wildman–Crippen MR) is 102 cm³/mol. The highest BCUT2D eigenvalue weighted by atomic mass is 16.6. The Bertz CT molecular complexity index is 426. The molecule has 1 fully saturated rings. The molecule has 0 saturated carbocycles. The van der Waals surface area contributed by atoms with Crippen LogP contribution in [0.15, 0.2) is 12.2 Å². The molecule has 0 aromatic carbocycles. The molecule has 146 valence electrons. The van der Waals surface area contributed by atoms with Gasteiger partial charge in [-0.25, -0.2) is 0 Å². The number of hydrogen-bond acceptors (Lipinski definition) is 3. The summed E-state index contributed by atoms with van der Waals surface area (Å²) in [6, 6.07) is 0.